The summed E-state index contributed by atoms with van der Waals surface area (Å²) in [5.74, 6) is 2.26. The SMILES string of the molecule is CC(Cc1ccccc1F)NC1CCOC2(CCSC2)C1. The van der Waals surface area contributed by atoms with Crippen LogP contribution in [-0.2, 0) is 11.2 Å². The van der Waals surface area contributed by atoms with Gasteiger partial charge in [-0.1, -0.05) is 18.2 Å². The van der Waals surface area contributed by atoms with E-state index >= 15 is 0 Å². The number of hydrogen-bond acceptors (Lipinski definition) is 3. The number of thioether (sulfide) groups is 1. The lowest BCUT2D eigenvalue weighted by Crippen LogP contribution is -2.49. The molecular formula is C17H24FNOS. The van der Waals surface area contributed by atoms with Gasteiger partial charge in [0.1, 0.15) is 5.82 Å². The van der Waals surface area contributed by atoms with Crippen molar-refractivity contribution in [1.82, 2.24) is 5.32 Å². The van der Waals surface area contributed by atoms with Gasteiger partial charge in [-0.3, -0.25) is 0 Å². The van der Waals surface area contributed by atoms with E-state index in [1.807, 2.05) is 23.9 Å². The van der Waals surface area contributed by atoms with E-state index in [1.54, 1.807) is 12.1 Å². The second-order valence-electron chi connectivity index (χ2n) is 6.39. The monoisotopic (exact) mass is 309 g/mol. The Labute approximate surface area is 130 Å². The predicted molar refractivity (Wildman–Crippen MR) is 86.3 cm³/mol. The van der Waals surface area contributed by atoms with Gasteiger partial charge in [-0.2, -0.15) is 11.8 Å². The molecule has 0 aromatic heterocycles. The molecule has 1 N–H and O–H groups in total. The summed E-state index contributed by atoms with van der Waals surface area (Å²) in [6.45, 7) is 3.00. The van der Waals surface area contributed by atoms with Crippen LogP contribution in [0, 0.1) is 5.82 Å². The lowest BCUT2D eigenvalue weighted by molar-refractivity contribution is -0.0711. The van der Waals surface area contributed by atoms with Gasteiger partial charge < -0.3 is 10.1 Å². The molecule has 1 spiro atoms. The zero-order valence-electron chi connectivity index (χ0n) is 12.6. The van der Waals surface area contributed by atoms with Crippen LogP contribution in [0.1, 0.15) is 31.7 Å². The third-order valence-electron chi connectivity index (χ3n) is 4.56. The first-order chi connectivity index (χ1) is 10.2. The van der Waals surface area contributed by atoms with Crippen molar-refractivity contribution in [3.8, 4) is 0 Å². The van der Waals surface area contributed by atoms with Crippen LogP contribution in [0.4, 0.5) is 4.39 Å². The van der Waals surface area contributed by atoms with E-state index in [-0.39, 0.29) is 17.5 Å². The predicted octanol–water partition coefficient (Wildman–Crippen LogP) is 3.40. The quantitative estimate of drug-likeness (QED) is 0.921. The Morgan fingerprint density at radius 1 is 1.48 bits per heavy atom. The van der Waals surface area contributed by atoms with Crippen molar-refractivity contribution in [2.45, 2.75) is 50.3 Å². The Morgan fingerprint density at radius 2 is 2.33 bits per heavy atom. The van der Waals surface area contributed by atoms with E-state index in [4.69, 9.17) is 4.74 Å². The molecule has 3 rings (SSSR count). The Kier molecular flexibility index (Phi) is 4.87. The molecule has 21 heavy (non-hydrogen) atoms. The van der Waals surface area contributed by atoms with Gasteiger partial charge in [0.2, 0.25) is 0 Å². The van der Waals surface area contributed by atoms with Crippen LogP contribution in [0.3, 0.4) is 0 Å². The zero-order valence-corrected chi connectivity index (χ0v) is 13.4. The molecule has 1 aromatic carbocycles. The van der Waals surface area contributed by atoms with Gasteiger partial charge in [0.25, 0.3) is 0 Å². The summed E-state index contributed by atoms with van der Waals surface area (Å²) in [6.07, 6.45) is 4.08. The van der Waals surface area contributed by atoms with E-state index in [0.29, 0.717) is 6.04 Å². The van der Waals surface area contributed by atoms with Crippen molar-refractivity contribution < 1.29 is 9.13 Å². The van der Waals surface area contributed by atoms with Gasteiger partial charge >= 0.3 is 0 Å². The summed E-state index contributed by atoms with van der Waals surface area (Å²) in [7, 11) is 0. The van der Waals surface area contributed by atoms with E-state index < -0.39 is 0 Å². The van der Waals surface area contributed by atoms with Gasteiger partial charge in [0.05, 0.1) is 5.60 Å². The molecule has 0 amide bonds. The largest absolute Gasteiger partial charge is 0.374 e. The number of benzene rings is 1. The molecule has 116 valence electrons. The van der Waals surface area contributed by atoms with Crippen LogP contribution in [0.15, 0.2) is 24.3 Å². The third kappa shape index (κ3) is 3.79. The minimum atomic E-state index is -0.0956. The molecule has 2 saturated heterocycles. The molecule has 0 bridgehead atoms. The summed E-state index contributed by atoms with van der Waals surface area (Å²) < 4.78 is 19.8. The number of nitrogens with one attached hydrogen (secondary N) is 1. The normalized spacial score (nSPS) is 30.7. The lowest BCUT2D eigenvalue weighted by atomic mass is 9.89. The molecule has 3 unspecified atom stereocenters. The van der Waals surface area contributed by atoms with Crippen molar-refractivity contribution in [3.05, 3.63) is 35.6 Å². The van der Waals surface area contributed by atoms with Crippen molar-refractivity contribution in [1.29, 1.82) is 0 Å². The molecule has 4 heteroatoms. The van der Waals surface area contributed by atoms with Crippen LogP contribution < -0.4 is 5.32 Å². The summed E-state index contributed by atoms with van der Waals surface area (Å²) in [4.78, 5) is 0. The topological polar surface area (TPSA) is 21.3 Å². The van der Waals surface area contributed by atoms with E-state index in [0.717, 1.165) is 37.2 Å². The van der Waals surface area contributed by atoms with Crippen LogP contribution >= 0.6 is 11.8 Å². The smallest absolute Gasteiger partial charge is 0.126 e. The maximum absolute atomic E-state index is 13.7. The van der Waals surface area contributed by atoms with E-state index in [9.17, 15) is 4.39 Å². The molecule has 3 atom stereocenters. The fraction of sp³-hybridized carbons (Fsp3) is 0.647. The lowest BCUT2D eigenvalue weighted by Gasteiger charge is -2.39. The maximum atomic E-state index is 13.7. The Balaban J connectivity index is 1.55. The van der Waals surface area contributed by atoms with E-state index in [2.05, 4.69) is 12.2 Å². The van der Waals surface area contributed by atoms with Gasteiger partial charge in [-0.05, 0) is 50.0 Å². The first-order valence-electron chi connectivity index (χ1n) is 7.88. The van der Waals surface area contributed by atoms with Crippen molar-refractivity contribution in [2.24, 2.45) is 0 Å². The average Bonchev–Trinajstić information content (AvgIpc) is 2.89. The van der Waals surface area contributed by atoms with Crippen LogP contribution in [0.2, 0.25) is 0 Å². The van der Waals surface area contributed by atoms with Crippen molar-refractivity contribution in [3.63, 3.8) is 0 Å². The molecule has 0 aliphatic carbocycles. The molecule has 2 heterocycles. The fourth-order valence-electron chi connectivity index (χ4n) is 3.49. The second kappa shape index (κ2) is 6.67. The number of hydrogen-bond donors (Lipinski definition) is 1. The molecule has 0 radical (unpaired) electrons. The standard InChI is InChI=1S/C17H24FNOS/c1-13(10-14-4-2-3-5-16(14)18)19-15-6-8-20-17(11-15)7-9-21-12-17/h2-5,13,15,19H,6-12H2,1H3. The van der Waals surface area contributed by atoms with Crippen LogP contribution in [-0.4, -0.2) is 35.8 Å². The zero-order chi connectivity index (χ0) is 14.7. The first-order valence-corrected chi connectivity index (χ1v) is 9.03. The molecular weight excluding hydrogens is 285 g/mol. The molecule has 2 aliphatic heterocycles. The summed E-state index contributed by atoms with van der Waals surface area (Å²) >= 11 is 2.00. The molecule has 1 aromatic rings. The number of ether oxygens (including phenoxy) is 1. The highest BCUT2D eigenvalue weighted by atomic mass is 32.2. The van der Waals surface area contributed by atoms with Crippen LogP contribution in [0.5, 0.6) is 0 Å². The minimum Gasteiger partial charge on any atom is -0.374 e. The van der Waals surface area contributed by atoms with Gasteiger partial charge in [0.15, 0.2) is 0 Å². The van der Waals surface area contributed by atoms with Gasteiger partial charge in [-0.15, -0.1) is 0 Å². The number of rotatable bonds is 4. The van der Waals surface area contributed by atoms with Gasteiger partial charge in [0, 0.05) is 24.4 Å². The highest BCUT2D eigenvalue weighted by Crippen LogP contribution is 2.38. The molecule has 2 fully saturated rings. The highest BCUT2D eigenvalue weighted by molar-refractivity contribution is 7.99. The van der Waals surface area contributed by atoms with Crippen molar-refractivity contribution in [2.75, 3.05) is 18.1 Å². The first kappa shape index (κ1) is 15.3. The maximum Gasteiger partial charge on any atom is 0.126 e. The Bertz CT molecular complexity index is 476. The summed E-state index contributed by atoms with van der Waals surface area (Å²) in [5, 5.41) is 3.69. The summed E-state index contributed by atoms with van der Waals surface area (Å²) in [5.41, 5.74) is 0.911. The van der Waals surface area contributed by atoms with Gasteiger partial charge in [-0.25, -0.2) is 4.39 Å². The summed E-state index contributed by atoms with van der Waals surface area (Å²) in [6, 6.07) is 7.87. The Hall–Kier alpha value is -0.580. The second-order valence-corrected chi connectivity index (χ2v) is 7.49. The Morgan fingerprint density at radius 3 is 3.10 bits per heavy atom. The van der Waals surface area contributed by atoms with Crippen LogP contribution in [0.25, 0.3) is 0 Å². The molecule has 0 saturated carbocycles. The molecule has 2 aliphatic rings. The minimum absolute atomic E-state index is 0.0956. The highest BCUT2D eigenvalue weighted by Gasteiger charge is 2.40. The number of halogens is 1. The molecule has 2 nitrogen and oxygen atoms in total. The van der Waals surface area contributed by atoms with Crippen molar-refractivity contribution >= 4 is 11.8 Å². The third-order valence-corrected chi connectivity index (χ3v) is 5.79. The average molecular weight is 309 g/mol. The van der Waals surface area contributed by atoms with E-state index in [1.165, 1.54) is 12.2 Å². The fourth-order valence-corrected chi connectivity index (χ4v) is 4.87.